The summed E-state index contributed by atoms with van der Waals surface area (Å²) in [7, 11) is 0. The highest BCUT2D eigenvalue weighted by Gasteiger charge is 2.17. The molecule has 6 nitrogen and oxygen atoms in total. The molecule has 0 aliphatic carbocycles. The van der Waals surface area contributed by atoms with E-state index in [2.05, 4.69) is 10.1 Å². The van der Waals surface area contributed by atoms with Gasteiger partial charge in [-0.25, -0.2) is 4.79 Å². The first-order chi connectivity index (χ1) is 7.31. The van der Waals surface area contributed by atoms with Crippen LogP contribution in [0, 0.1) is 0 Å². The van der Waals surface area contributed by atoms with Crippen LogP contribution in [0.25, 0.3) is 11.4 Å². The second-order valence-electron chi connectivity index (χ2n) is 2.66. The standard InChI is InChI=1S/C9H8N2O4/c1-2-14-9(12)8-10-7(11-15-8)6-3-4-13-5-6/h3-5H,2H2,1H3. The van der Waals surface area contributed by atoms with Crippen molar-refractivity contribution < 1.29 is 18.5 Å². The molecule has 0 aliphatic rings. The fraction of sp³-hybridized carbons (Fsp3) is 0.222. The van der Waals surface area contributed by atoms with Crippen LogP contribution in [0.3, 0.4) is 0 Å². The number of aromatic nitrogens is 2. The average Bonchev–Trinajstić information content (AvgIpc) is 2.89. The van der Waals surface area contributed by atoms with Gasteiger partial charge < -0.3 is 13.7 Å². The second kappa shape index (κ2) is 3.95. The summed E-state index contributed by atoms with van der Waals surface area (Å²) in [5.41, 5.74) is 0.647. The zero-order valence-corrected chi connectivity index (χ0v) is 7.97. The summed E-state index contributed by atoms with van der Waals surface area (Å²) in [6.07, 6.45) is 2.94. The molecule has 0 N–H and O–H groups in total. The summed E-state index contributed by atoms with van der Waals surface area (Å²) < 4.78 is 14.3. The second-order valence-corrected chi connectivity index (χ2v) is 2.66. The molecule has 2 aromatic heterocycles. The number of carbonyl (C=O) groups excluding carboxylic acids is 1. The van der Waals surface area contributed by atoms with Crippen molar-refractivity contribution in [2.75, 3.05) is 6.61 Å². The SMILES string of the molecule is CCOC(=O)c1nc(-c2ccoc2)no1. The lowest BCUT2D eigenvalue weighted by Gasteiger charge is -1.93. The van der Waals surface area contributed by atoms with Crippen LogP contribution in [-0.2, 0) is 4.74 Å². The fourth-order valence-electron chi connectivity index (χ4n) is 1.01. The number of hydrogen-bond donors (Lipinski definition) is 0. The minimum absolute atomic E-state index is 0.159. The molecule has 0 saturated heterocycles. The van der Waals surface area contributed by atoms with E-state index >= 15 is 0 Å². The summed E-state index contributed by atoms with van der Waals surface area (Å²) >= 11 is 0. The van der Waals surface area contributed by atoms with Crippen LogP contribution >= 0.6 is 0 Å². The zero-order chi connectivity index (χ0) is 10.7. The van der Waals surface area contributed by atoms with Crippen LogP contribution in [0.1, 0.15) is 17.6 Å². The Hall–Kier alpha value is -2.11. The van der Waals surface area contributed by atoms with Gasteiger partial charge in [0.15, 0.2) is 0 Å². The summed E-state index contributed by atoms with van der Waals surface area (Å²) in [4.78, 5) is 15.0. The molecule has 6 heteroatoms. The number of nitrogens with zero attached hydrogens (tertiary/aromatic N) is 2. The molecule has 0 amide bonds. The summed E-state index contributed by atoms with van der Waals surface area (Å²) in [6.45, 7) is 1.97. The molecule has 2 heterocycles. The molecule has 0 radical (unpaired) electrons. The summed E-state index contributed by atoms with van der Waals surface area (Å²) in [5.74, 6) is -0.486. The largest absolute Gasteiger partial charge is 0.472 e. The molecule has 2 rings (SSSR count). The van der Waals surface area contributed by atoms with E-state index in [0.29, 0.717) is 11.4 Å². The third-order valence-electron chi connectivity index (χ3n) is 1.66. The van der Waals surface area contributed by atoms with Crippen molar-refractivity contribution in [1.82, 2.24) is 10.1 Å². The van der Waals surface area contributed by atoms with Crippen LogP contribution in [0.5, 0.6) is 0 Å². The number of esters is 1. The van der Waals surface area contributed by atoms with Gasteiger partial charge in [0, 0.05) is 0 Å². The van der Waals surface area contributed by atoms with Crippen molar-refractivity contribution in [3.05, 3.63) is 24.5 Å². The number of furan rings is 1. The molecule has 0 aliphatic heterocycles. The fourth-order valence-corrected chi connectivity index (χ4v) is 1.01. The molecule has 2 aromatic rings. The maximum absolute atomic E-state index is 11.2. The quantitative estimate of drug-likeness (QED) is 0.711. The maximum Gasteiger partial charge on any atom is 0.397 e. The van der Waals surface area contributed by atoms with E-state index in [9.17, 15) is 4.79 Å². The molecule has 0 fully saturated rings. The molecule has 0 saturated carbocycles. The van der Waals surface area contributed by atoms with Gasteiger partial charge in [0.05, 0.1) is 18.4 Å². The Morgan fingerprint density at radius 3 is 3.13 bits per heavy atom. The lowest BCUT2D eigenvalue weighted by Crippen LogP contribution is -2.04. The zero-order valence-electron chi connectivity index (χ0n) is 7.97. The van der Waals surface area contributed by atoms with Crippen molar-refractivity contribution in [1.29, 1.82) is 0 Å². The predicted octanol–water partition coefficient (Wildman–Crippen LogP) is 1.51. The number of rotatable bonds is 3. The van der Waals surface area contributed by atoms with Gasteiger partial charge in [-0.1, -0.05) is 5.16 Å². The lowest BCUT2D eigenvalue weighted by molar-refractivity contribution is 0.0470. The first kappa shape index (κ1) is 9.45. The van der Waals surface area contributed by atoms with E-state index in [1.807, 2.05) is 0 Å². The van der Waals surface area contributed by atoms with Gasteiger partial charge in [-0.2, -0.15) is 4.98 Å². The van der Waals surface area contributed by atoms with E-state index in [1.54, 1.807) is 13.0 Å². The topological polar surface area (TPSA) is 78.4 Å². The van der Waals surface area contributed by atoms with Crippen LogP contribution in [0.2, 0.25) is 0 Å². The van der Waals surface area contributed by atoms with Crippen molar-refractivity contribution in [3.63, 3.8) is 0 Å². The van der Waals surface area contributed by atoms with Crippen LogP contribution in [0.4, 0.5) is 0 Å². The third kappa shape index (κ3) is 1.88. The van der Waals surface area contributed by atoms with E-state index in [0.717, 1.165) is 0 Å². The summed E-state index contributed by atoms with van der Waals surface area (Å²) in [5, 5.41) is 3.62. The molecule has 0 atom stereocenters. The molecule has 78 valence electrons. The highest BCUT2D eigenvalue weighted by Crippen LogP contribution is 2.15. The lowest BCUT2D eigenvalue weighted by atomic mass is 10.3. The molecule has 0 unspecified atom stereocenters. The number of carbonyl (C=O) groups is 1. The predicted molar refractivity (Wildman–Crippen MR) is 48.0 cm³/mol. The van der Waals surface area contributed by atoms with Crippen LogP contribution in [-0.4, -0.2) is 22.7 Å². The Balaban J connectivity index is 2.21. The minimum Gasteiger partial charge on any atom is -0.472 e. The van der Waals surface area contributed by atoms with Gasteiger partial charge in [0.2, 0.25) is 5.82 Å². The normalized spacial score (nSPS) is 10.2. The van der Waals surface area contributed by atoms with E-state index in [1.165, 1.54) is 12.5 Å². The molecule has 0 aromatic carbocycles. The number of hydrogen-bond acceptors (Lipinski definition) is 6. The molecular weight excluding hydrogens is 200 g/mol. The highest BCUT2D eigenvalue weighted by atomic mass is 16.6. The molecule has 0 spiro atoms. The van der Waals surface area contributed by atoms with Gasteiger partial charge in [-0.05, 0) is 13.0 Å². The minimum atomic E-state index is -0.625. The Labute approximate surface area is 84.8 Å². The molecule has 0 bridgehead atoms. The van der Waals surface area contributed by atoms with Gasteiger partial charge >= 0.3 is 11.9 Å². The Kier molecular flexibility index (Phi) is 2.49. The van der Waals surface area contributed by atoms with Gasteiger partial charge in [0.1, 0.15) is 6.26 Å². The first-order valence-corrected chi connectivity index (χ1v) is 4.34. The van der Waals surface area contributed by atoms with Crippen molar-refractivity contribution >= 4 is 5.97 Å². The smallest absolute Gasteiger partial charge is 0.397 e. The van der Waals surface area contributed by atoms with E-state index in [4.69, 9.17) is 13.7 Å². The Morgan fingerprint density at radius 2 is 2.47 bits per heavy atom. The number of ether oxygens (including phenoxy) is 1. The van der Waals surface area contributed by atoms with Gasteiger partial charge in [0.25, 0.3) is 0 Å². The van der Waals surface area contributed by atoms with E-state index in [-0.39, 0.29) is 12.5 Å². The first-order valence-electron chi connectivity index (χ1n) is 4.34. The Morgan fingerprint density at radius 1 is 1.60 bits per heavy atom. The monoisotopic (exact) mass is 208 g/mol. The van der Waals surface area contributed by atoms with Gasteiger partial charge in [-0.15, -0.1) is 0 Å². The van der Waals surface area contributed by atoms with Crippen LogP contribution < -0.4 is 0 Å². The van der Waals surface area contributed by atoms with Gasteiger partial charge in [-0.3, -0.25) is 0 Å². The average molecular weight is 208 g/mol. The van der Waals surface area contributed by atoms with Crippen molar-refractivity contribution in [3.8, 4) is 11.4 Å². The van der Waals surface area contributed by atoms with E-state index < -0.39 is 5.97 Å². The van der Waals surface area contributed by atoms with Crippen molar-refractivity contribution in [2.45, 2.75) is 6.92 Å². The van der Waals surface area contributed by atoms with Crippen molar-refractivity contribution in [2.24, 2.45) is 0 Å². The molecule has 15 heavy (non-hydrogen) atoms. The summed E-state index contributed by atoms with van der Waals surface area (Å²) in [6, 6.07) is 1.67. The molecular formula is C9H8N2O4. The van der Waals surface area contributed by atoms with Crippen LogP contribution in [0.15, 0.2) is 27.5 Å². The maximum atomic E-state index is 11.2. The third-order valence-corrected chi connectivity index (χ3v) is 1.66. The Bertz CT molecular complexity index is 446. The highest BCUT2D eigenvalue weighted by molar-refractivity contribution is 5.84.